The van der Waals surface area contributed by atoms with Gasteiger partial charge in [-0.3, -0.25) is 4.79 Å². The fraction of sp³-hybridized carbons (Fsp3) is 0.529. The highest BCUT2D eigenvalue weighted by molar-refractivity contribution is 5.81. The van der Waals surface area contributed by atoms with Gasteiger partial charge in [-0.15, -0.1) is 0 Å². The molecule has 0 aliphatic rings. The quantitative estimate of drug-likeness (QED) is 0.844. The number of nitrogens with zero attached hydrogens (tertiary/aromatic N) is 2. The first-order valence-corrected chi connectivity index (χ1v) is 6.97. The van der Waals surface area contributed by atoms with Gasteiger partial charge in [0.25, 0.3) is 0 Å². The molecule has 0 saturated heterocycles. The number of amides is 1. The van der Waals surface area contributed by atoms with Crippen LogP contribution in [0.4, 0.5) is 0 Å². The van der Waals surface area contributed by atoms with Crippen LogP contribution in [0.25, 0.3) is 0 Å². The number of carbonyl (C=O) groups is 1. The summed E-state index contributed by atoms with van der Waals surface area (Å²) in [5, 5.41) is 9.29. The second-order valence-electron chi connectivity index (χ2n) is 6.36. The topological polar surface area (TPSA) is 44.1 Å². The van der Waals surface area contributed by atoms with Crippen molar-refractivity contribution in [3.05, 3.63) is 35.9 Å². The van der Waals surface area contributed by atoms with Crippen LogP contribution in [0.3, 0.4) is 0 Å². The van der Waals surface area contributed by atoms with Gasteiger partial charge in [-0.1, -0.05) is 51.1 Å². The first-order valence-electron chi connectivity index (χ1n) is 6.97. The van der Waals surface area contributed by atoms with E-state index in [4.69, 9.17) is 0 Å². The first-order chi connectivity index (χ1) is 9.27. The highest BCUT2D eigenvalue weighted by Crippen LogP contribution is 2.24. The standard InChI is InChI=1S/C17H24N2O/c1-13(17(2,3)4)19(5)16(20)15(12-18)11-14-9-7-6-8-10-14/h6-10,13,15H,11H2,1-5H3. The van der Waals surface area contributed by atoms with Crippen molar-refractivity contribution in [1.82, 2.24) is 4.90 Å². The third kappa shape index (κ3) is 4.09. The van der Waals surface area contributed by atoms with Gasteiger partial charge in [-0.25, -0.2) is 0 Å². The van der Waals surface area contributed by atoms with Gasteiger partial charge in [-0.05, 0) is 24.3 Å². The van der Waals surface area contributed by atoms with Crippen molar-refractivity contribution in [1.29, 1.82) is 5.26 Å². The fourth-order valence-corrected chi connectivity index (χ4v) is 2.06. The van der Waals surface area contributed by atoms with Crippen LogP contribution in [-0.2, 0) is 11.2 Å². The van der Waals surface area contributed by atoms with E-state index in [1.165, 1.54) is 0 Å². The summed E-state index contributed by atoms with van der Waals surface area (Å²) >= 11 is 0. The number of nitriles is 1. The molecule has 108 valence electrons. The Morgan fingerprint density at radius 1 is 1.30 bits per heavy atom. The number of rotatable bonds is 4. The van der Waals surface area contributed by atoms with Gasteiger partial charge in [0.1, 0.15) is 5.92 Å². The Kier molecular flexibility index (Phi) is 5.33. The highest BCUT2D eigenvalue weighted by atomic mass is 16.2. The molecule has 1 aromatic carbocycles. The van der Waals surface area contributed by atoms with E-state index in [1.54, 1.807) is 11.9 Å². The molecule has 2 atom stereocenters. The van der Waals surface area contributed by atoms with Gasteiger partial charge in [-0.2, -0.15) is 5.26 Å². The summed E-state index contributed by atoms with van der Waals surface area (Å²) in [4.78, 5) is 14.2. The molecular formula is C17H24N2O. The van der Waals surface area contributed by atoms with Crippen molar-refractivity contribution in [3.8, 4) is 6.07 Å². The first kappa shape index (κ1) is 16.2. The Bertz CT molecular complexity index is 482. The Labute approximate surface area is 122 Å². The Morgan fingerprint density at radius 3 is 2.30 bits per heavy atom. The number of hydrogen-bond acceptors (Lipinski definition) is 2. The second-order valence-corrected chi connectivity index (χ2v) is 6.36. The van der Waals surface area contributed by atoms with Gasteiger partial charge < -0.3 is 4.90 Å². The minimum Gasteiger partial charge on any atom is -0.341 e. The van der Waals surface area contributed by atoms with Crippen molar-refractivity contribution >= 4 is 5.91 Å². The van der Waals surface area contributed by atoms with E-state index < -0.39 is 5.92 Å². The lowest BCUT2D eigenvalue weighted by atomic mass is 9.86. The molecule has 0 aliphatic carbocycles. The second kappa shape index (κ2) is 6.56. The molecule has 1 rings (SSSR count). The molecule has 0 heterocycles. The normalized spacial score (nSPS) is 14.2. The minimum absolute atomic E-state index is 0.00281. The average Bonchev–Trinajstić information content (AvgIpc) is 2.42. The summed E-state index contributed by atoms with van der Waals surface area (Å²) < 4.78 is 0. The molecule has 1 aromatic rings. The summed E-state index contributed by atoms with van der Waals surface area (Å²) in [5.41, 5.74) is 1.01. The smallest absolute Gasteiger partial charge is 0.240 e. The van der Waals surface area contributed by atoms with Gasteiger partial charge in [0.2, 0.25) is 5.91 Å². The molecule has 3 heteroatoms. The van der Waals surface area contributed by atoms with E-state index in [0.717, 1.165) is 5.56 Å². The maximum absolute atomic E-state index is 12.5. The van der Waals surface area contributed by atoms with Gasteiger partial charge in [0.15, 0.2) is 0 Å². The zero-order valence-corrected chi connectivity index (χ0v) is 13.1. The van der Waals surface area contributed by atoms with Crippen molar-refractivity contribution in [2.24, 2.45) is 11.3 Å². The number of carbonyl (C=O) groups excluding carboxylic acids is 1. The molecule has 1 amide bonds. The average molecular weight is 272 g/mol. The molecule has 0 aliphatic heterocycles. The molecule has 3 nitrogen and oxygen atoms in total. The van der Waals surface area contributed by atoms with Crippen molar-refractivity contribution < 1.29 is 4.79 Å². The molecule has 2 unspecified atom stereocenters. The number of benzene rings is 1. The largest absolute Gasteiger partial charge is 0.341 e. The number of hydrogen-bond donors (Lipinski definition) is 0. The van der Waals surface area contributed by atoms with Crippen LogP contribution in [0.2, 0.25) is 0 Å². The predicted octanol–water partition coefficient (Wildman–Crippen LogP) is 3.26. The van der Waals surface area contributed by atoms with Crippen LogP contribution in [0.5, 0.6) is 0 Å². The highest BCUT2D eigenvalue weighted by Gasteiger charge is 2.31. The van der Waals surface area contributed by atoms with E-state index in [9.17, 15) is 10.1 Å². The summed E-state index contributed by atoms with van der Waals surface area (Å²) in [7, 11) is 1.79. The third-order valence-corrected chi connectivity index (χ3v) is 3.92. The zero-order valence-electron chi connectivity index (χ0n) is 13.1. The third-order valence-electron chi connectivity index (χ3n) is 3.92. The van der Waals surface area contributed by atoms with E-state index in [2.05, 4.69) is 26.8 Å². The van der Waals surface area contributed by atoms with Crippen LogP contribution in [0.15, 0.2) is 30.3 Å². The maximum Gasteiger partial charge on any atom is 0.240 e. The summed E-state index contributed by atoms with van der Waals surface area (Å²) in [6, 6.07) is 11.9. The molecule has 0 N–H and O–H groups in total. The van der Waals surface area contributed by atoms with Crippen LogP contribution in [0, 0.1) is 22.7 Å². The lowest BCUT2D eigenvalue weighted by Crippen LogP contribution is -2.45. The summed E-state index contributed by atoms with van der Waals surface area (Å²) in [6.07, 6.45) is 0.470. The molecule has 0 aromatic heterocycles. The minimum atomic E-state index is -0.618. The molecule has 0 spiro atoms. The SMILES string of the molecule is CC(N(C)C(=O)C(C#N)Cc1ccccc1)C(C)(C)C. The van der Waals surface area contributed by atoms with Gasteiger partial charge >= 0.3 is 0 Å². The molecular weight excluding hydrogens is 248 g/mol. The van der Waals surface area contributed by atoms with Gasteiger partial charge in [0.05, 0.1) is 6.07 Å². The van der Waals surface area contributed by atoms with E-state index >= 15 is 0 Å². The molecule has 0 saturated carbocycles. The molecule has 0 fully saturated rings. The Balaban J connectivity index is 2.81. The van der Waals surface area contributed by atoms with E-state index in [0.29, 0.717) is 6.42 Å². The van der Waals surface area contributed by atoms with Crippen LogP contribution < -0.4 is 0 Å². The fourth-order valence-electron chi connectivity index (χ4n) is 2.06. The monoisotopic (exact) mass is 272 g/mol. The molecule has 20 heavy (non-hydrogen) atoms. The predicted molar refractivity (Wildman–Crippen MR) is 80.9 cm³/mol. The lowest BCUT2D eigenvalue weighted by molar-refractivity contribution is -0.136. The van der Waals surface area contributed by atoms with Crippen molar-refractivity contribution in [2.45, 2.75) is 40.2 Å². The van der Waals surface area contributed by atoms with E-state index in [-0.39, 0.29) is 17.4 Å². The molecule has 0 radical (unpaired) electrons. The Hall–Kier alpha value is -1.82. The van der Waals surface area contributed by atoms with Crippen LogP contribution in [-0.4, -0.2) is 23.9 Å². The van der Waals surface area contributed by atoms with Crippen LogP contribution in [0.1, 0.15) is 33.3 Å². The lowest BCUT2D eigenvalue weighted by Gasteiger charge is -2.36. The summed E-state index contributed by atoms with van der Waals surface area (Å²) in [5.74, 6) is -0.717. The van der Waals surface area contributed by atoms with E-state index in [1.807, 2.05) is 37.3 Å². The maximum atomic E-state index is 12.5. The summed E-state index contributed by atoms with van der Waals surface area (Å²) in [6.45, 7) is 8.31. The van der Waals surface area contributed by atoms with Gasteiger partial charge in [0, 0.05) is 13.1 Å². The van der Waals surface area contributed by atoms with Crippen LogP contribution >= 0.6 is 0 Å². The zero-order chi connectivity index (χ0) is 15.3. The van der Waals surface area contributed by atoms with Crippen molar-refractivity contribution in [3.63, 3.8) is 0 Å². The van der Waals surface area contributed by atoms with Crippen molar-refractivity contribution in [2.75, 3.05) is 7.05 Å². The Morgan fingerprint density at radius 2 is 1.85 bits per heavy atom. The molecule has 0 bridgehead atoms.